The van der Waals surface area contributed by atoms with Crippen LogP contribution in [0, 0.1) is 0 Å². The van der Waals surface area contributed by atoms with Gasteiger partial charge in [-0.3, -0.25) is 14.5 Å². The van der Waals surface area contributed by atoms with Gasteiger partial charge in [0, 0.05) is 17.3 Å². The zero-order valence-electron chi connectivity index (χ0n) is 14.7. The highest BCUT2D eigenvalue weighted by atomic mass is 32.2. The molecule has 1 fully saturated rings. The van der Waals surface area contributed by atoms with Crippen molar-refractivity contribution in [1.29, 1.82) is 0 Å². The molecular weight excluding hydrogens is 416 g/mol. The summed E-state index contributed by atoms with van der Waals surface area (Å²) in [6, 6.07) is 9.56. The number of aromatic hydroxyl groups is 2. The van der Waals surface area contributed by atoms with Crippen LogP contribution in [0.25, 0.3) is 6.08 Å². The van der Waals surface area contributed by atoms with Crippen LogP contribution in [0.1, 0.15) is 15.9 Å². The van der Waals surface area contributed by atoms with E-state index in [1.54, 1.807) is 0 Å². The van der Waals surface area contributed by atoms with E-state index in [-0.39, 0.29) is 32.8 Å². The van der Waals surface area contributed by atoms with Crippen LogP contribution in [0.2, 0.25) is 0 Å². The molecule has 0 atom stereocenters. The average molecular weight is 430 g/mol. The van der Waals surface area contributed by atoms with Crippen LogP contribution >= 0.6 is 24.0 Å². The summed E-state index contributed by atoms with van der Waals surface area (Å²) in [6.45, 7) is -0.315. The van der Waals surface area contributed by atoms with Gasteiger partial charge in [-0.1, -0.05) is 24.0 Å². The highest BCUT2D eigenvalue weighted by Gasteiger charge is 2.33. The molecule has 3 rings (SSSR count). The van der Waals surface area contributed by atoms with Crippen molar-refractivity contribution in [2.45, 2.75) is 0 Å². The highest BCUT2D eigenvalue weighted by Crippen LogP contribution is 2.34. The van der Waals surface area contributed by atoms with Crippen LogP contribution in [0.15, 0.2) is 47.4 Å². The summed E-state index contributed by atoms with van der Waals surface area (Å²) in [4.78, 5) is 37.1. The predicted octanol–water partition coefficient (Wildman–Crippen LogP) is 2.64. The van der Waals surface area contributed by atoms with Crippen molar-refractivity contribution in [2.24, 2.45) is 0 Å². The lowest BCUT2D eigenvalue weighted by Gasteiger charge is -2.14. The van der Waals surface area contributed by atoms with Gasteiger partial charge in [0.25, 0.3) is 5.91 Å². The summed E-state index contributed by atoms with van der Waals surface area (Å²) in [7, 11) is 0. The number of carboxylic acids is 1. The molecule has 2 aromatic carbocycles. The van der Waals surface area contributed by atoms with Gasteiger partial charge in [0.05, 0.1) is 10.5 Å². The van der Waals surface area contributed by atoms with Crippen molar-refractivity contribution in [3.8, 4) is 11.5 Å². The normalized spacial score (nSPS) is 15.0. The second-order valence-electron chi connectivity index (χ2n) is 5.94. The lowest BCUT2D eigenvalue weighted by Crippen LogP contribution is -2.36. The fourth-order valence-electron chi connectivity index (χ4n) is 2.47. The summed E-state index contributed by atoms with van der Waals surface area (Å²) < 4.78 is 0.191. The molecule has 4 N–H and O–H groups in total. The van der Waals surface area contributed by atoms with Crippen LogP contribution in [0.3, 0.4) is 0 Å². The number of carbonyl (C=O) groups excluding carboxylic acids is 2. The number of nitrogens with one attached hydrogen (secondary N) is 1. The van der Waals surface area contributed by atoms with Gasteiger partial charge in [-0.25, -0.2) is 4.79 Å². The monoisotopic (exact) mass is 430 g/mol. The highest BCUT2D eigenvalue weighted by molar-refractivity contribution is 8.26. The van der Waals surface area contributed by atoms with E-state index >= 15 is 0 Å². The molecule has 2 aromatic rings. The van der Waals surface area contributed by atoms with Crippen LogP contribution < -0.4 is 5.32 Å². The number of benzene rings is 2. The summed E-state index contributed by atoms with van der Waals surface area (Å²) in [5.74, 6) is -2.37. The maximum Gasteiger partial charge on any atom is 0.335 e. The number of amides is 2. The molecule has 1 aliphatic heterocycles. The number of anilines is 1. The minimum Gasteiger partial charge on any atom is -0.508 e. The molecule has 1 saturated heterocycles. The third kappa shape index (κ3) is 4.73. The van der Waals surface area contributed by atoms with Crippen LogP contribution in [-0.4, -0.2) is 48.9 Å². The zero-order chi connectivity index (χ0) is 21.1. The Kier molecular flexibility index (Phi) is 5.85. The lowest BCUT2D eigenvalue weighted by atomic mass is 10.1. The molecule has 0 radical (unpaired) electrons. The van der Waals surface area contributed by atoms with Gasteiger partial charge in [0.2, 0.25) is 5.91 Å². The van der Waals surface area contributed by atoms with Crippen molar-refractivity contribution in [3.05, 3.63) is 58.5 Å². The number of nitrogens with zero attached hydrogens (tertiary/aromatic N) is 1. The van der Waals surface area contributed by atoms with Gasteiger partial charge < -0.3 is 20.6 Å². The minimum absolute atomic E-state index is 0.0857. The smallest absolute Gasteiger partial charge is 0.335 e. The fraction of sp³-hybridized carbons (Fsp3) is 0.0526. The predicted molar refractivity (Wildman–Crippen MR) is 112 cm³/mol. The van der Waals surface area contributed by atoms with Gasteiger partial charge in [-0.2, -0.15) is 0 Å². The Bertz CT molecular complexity index is 1050. The average Bonchev–Trinajstić information content (AvgIpc) is 2.92. The van der Waals surface area contributed by atoms with Crippen molar-refractivity contribution in [1.82, 2.24) is 4.90 Å². The first-order chi connectivity index (χ1) is 13.7. The molecule has 0 spiro atoms. The first-order valence-corrected chi connectivity index (χ1v) is 9.37. The van der Waals surface area contributed by atoms with Crippen molar-refractivity contribution in [2.75, 3.05) is 11.9 Å². The molecule has 0 aromatic heterocycles. The first kappa shape index (κ1) is 20.4. The Labute approximate surface area is 174 Å². The largest absolute Gasteiger partial charge is 0.508 e. The van der Waals surface area contributed by atoms with Crippen molar-refractivity contribution < 1.29 is 29.7 Å². The summed E-state index contributed by atoms with van der Waals surface area (Å²) in [5.41, 5.74) is 0.795. The Morgan fingerprint density at radius 2 is 1.83 bits per heavy atom. The van der Waals surface area contributed by atoms with E-state index < -0.39 is 17.8 Å². The Morgan fingerprint density at radius 1 is 1.14 bits per heavy atom. The SMILES string of the molecule is O=C(CN1C(=O)/C(=C/c2ccc(O)cc2O)SC1=S)Nc1ccc(C(=O)O)cc1. The quantitative estimate of drug-likeness (QED) is 0.421. The van der Waals surface area contributed by atoms with Crippen molar-refractivity contribution in [3.63, 3.8) is 0 Å². The van der Waals surface area contributed by atoms with Crippen LogP contribution in [-0.2, 0) is 9.59 Å². The minimum atomic E-state index is -1.08. The van der Waals surface area contributed by atoms with E-state index in [1.807, 2.05) is 0 Å². The van der Waals surface area contributed by atoms with E-state index in [0.717, 1.165) is 22.7 Å². The Hall–Kier alpha value is -3.37. The van der Waals surface area contributed by atoms with E-state index in [4.69, 9.17) is 17.3 Å². The molecular formula is C19H14N2O6S2. The number of rotatable bonds is 5. The van der Waals surface area contributed by atoms with Crippen molar-refractivity contribution >= 4 is 57.8 Å². The molecule has 148 valence electrons. The van der Waals surface area contributed by atoms with Gasteiger partial charge in [0.1, 0.15) is 22.4 Å². The second-order valence-corrected chi connectivity index (χ2v) is 7.62. The zero-order valence-corrected chi connectivity index (χ0v) is 16.3. The molecule has 29 heavy (non-hydrogen) atoms. The topological polar surface area (TPSA) is 127 Å². The summed E-state index contributed by atoms with van der Waals surface area (Å²) in [6.07, 6.45) is 1.43. The van der Waals surface area contributed by atoms with Gasteiger partial charge in [0.15, 0.2) is 0 Å². The van der Waals surface area contributed by atoms with Crippen LogP contribution in [0.4, 0.5) is 5.69 Å². The number of thioether (sulfide) groups is 1. The fourth-order valence-corrected chi connectivity index (χ4v) is 3.72. The molecule has 0 saturated carbocycles. The first-order valence-electron chi connectivity index (χ1n) is 8.15. The van der Waals surface area contributed by atoms with E-state index in [9.17, 15) is 24.6 Å². The van der Waals surface area contributed by atoms with E-state index in [1.165, 1.54) is 42.5 Å². The number of carboxylic acid groups (broad SMARTS) is 1. The molecule has 0 unspecified atom stereocenters. The Balaban J connectivity index is 1.68. The maximum atomic E-state index is 12.6. The number of phenols is 2. The van der Waals surface area contributed by atoms with E-state index in [0.29, 0.717) is 11.3 Å². The third-order valence-electron chi connectivity index (χ3n) is 3.89. The molecule has 10 heteroatoms. The number of aromatic carboxylic acids is 1. The number of thiocarbonyl (C=S) groups is 1. The van der Waals surface area contributed by atoms with Gasteiger partial charge >= 0.3 is 5.97 Å². The standard InChI is InChI=1S/C19H14N2O6S2/c22-13-6-3-11(14(23)8-13)7-15-17(25)21(19(28)29-15)9-16(24)20-12-4-1-10(2-5-12)18(26)27/h1-8,22-23H,9H2,(H,20,24)(H,26,27)/b15-7-. The van der Waals surface area contributed by atoms with Crippen LogP contribution in [0.5, 0.6) is 11.5 Å². The molecule has 2 amide bonds. The molecule has 0 aliphatic carbocycles. The second kappa shape index (κ2) is 8.33. The molecule has 1 heterocycles. The third-order valence-corrected chi connectivity index (χ3v) is 5.27. The van der Waals surface area contributed by atoms with Gasteiger partial charge in [-0.15, -0.1) is 0 Å². The lowest BCUT2D eigenvalue weighted by molar-refractivity contribution is -0.126. The van der Waals surface area contributed by atoms with Gasteiger partial charge in [-0.05, 0) is 42.5 Å². The number of hydrogen-bond acceptors (Lipinski definition) is 7. The molecule has 1 aliphatic rings. The Morgan fingerprint density at radius 3 is 2.45 bits per heavy atom. The summed E-state index contributed by atoms with van der Waals surface area (Å²) >= 11 is 6.17. The number of hydrogen-bond donors (Lipinski definition) is 4. The maximum absolute atomic E-state index is 12.6. The number of carbonyl (C=O) groups is 3. The molecule has 8 nitrogen and oxygen atoms in total. The molecule has 0 bridgehead atoms. The summed E-state index contributed by atoms with van der Waals surface area (Å²) in [5, 5.41) is 30.7. The van der Waals surface area contributed by atoms with E-state index in [2.05, 4.69) is 5.32 Å². The number of phenolic OH excluding ortho intramolecular Hbond substituents is 2.